The molecule has 0 aromatic heterocycles. The molecule has 0 radical (unpaired) electrons. The van der Waals surface area contributed by atoms with Crippen LogP contribution in [-0.4, -0.2) is 40.9 Å². The second-order valence-corrected chi connectivity index (χ2v) is 8.77. The molecule has 2 amide bonds. The first kappa shape index (κ1) is 24.9. The van der Waals surface area contributed by atoms with E-state index in [9.17, 15) is 23.5 Å². The van der Waals surface area contributed by atoms with Crippen LogP contribution in [0, 0.1) is 17.0 Å². The van der Waals surface area contributed by atoms with Crippen LogP contribution in [0.15, 0.2) is 12.1 Å². The van der Waals surface area contributed by atoms with E-state index >= 15 is 0 Å². The largest absolute Gasteiger partial charge is 0.493 e. The minimum atomic E-state index is -1.45. The van der Waals surface area contributed by atoms with Crippen molar-refractivity contribution in [3.63, 3.8) is 0 Å². The maximum Gasteiger partial charge on any atom is 0.419 e. The fourth-order valence-corrected chi connectivity index (χ4v) is 3.33. The molecule has 29 heavy (non-hydrogen) atoms. The molecule has 9 heteroatoms. The van der Waals surface area contributed by atoms with E-state index in [0.717, 1.165) is 12.1 Å². The molecule has 0 saturated heterocycles. The van der Waals surface area contributed by atoms with Gasteiger partial charge < -0.3 is 14.6 Å². The van der Waals surface area contributed by atoms with Crippen molar-refractivity contribution in [2.45, 2.75) is 58.9 Å². The molecular formula is C20H28ClF2NO5. The Kier molecular flexibility index (Phi) is 8.68. The van der Waals surface area contributed by atoms with Gasteiger partial charge in [0.05, 0.1) is 12.5 Å². The molecule has 0 spiro atoms. The number of nitrogens with zero attached hydrogens (tertiary/aromatic N) is 1. The van der Waals surface area contributed by atoms with E-state index < -0.39 is 29.4 Å². The van der Waals surface area contributed by atoms with Crippen LogP contribution >= 0.6 is 11.6 Å². The van der Waals surface area contributed by atoms with Crippen molar-refractivity contribution in [3.8, 4) is 5.75 Å². The van der Waals surface area contributed by atoms with Gasteiger partial charge >= 0.3 is 12.2 Å². The van der Waals surface area contributed by atoms with Gasteiger partial charge in [-0.25, -0.2) is 23.3 Å². The number of benzene rings is 1. The number of carbonyl (C=O) groups is 2. The zero-order valence-corrected chi connectivity index (χ0v) is 18.1. The number of hydrogen-bond donors (Lipinski definition) is 1. The number of halogens is 3. The Labute approximate surface area is 174 Å². The summed E-state index contributed by atoms with van der Waals surface area (Å²) in [5, 5.41) is 9.29. The highest BCUT2D eigenvalue weighted by Crippen LogP contribution is 2.30. The summed E-state index contributed by atoms with van der Waals surface area (Å²) in [5.74, 6) is -2.01. The lowest BCUT2D eigenvalue weighted by molar-refractivity contribution is -0.00747. The molecule has 0 aliphatic carbocycles. The number of imide groups is 1. The van der Waals surface area contributed by atoms with Gasteiger partial charge in [0.25, 0.3) is 0 Å². The first-order valence-corrected chi connectivity index (χ1v) is 9.69. The number of amides is 2. The van der Waals surface area contributed by atoms with E-state index in [4.69, 9.17) is 21.1 Å². The van der Waals surface area contributed by atoms with Gasteiger partial charge in [-0.1, -0.05) is 20.8 Å². The Bertz CT molecular complexity index is 711. The maximum atomic E-state index is 13.7. The minimum absolute atomic E-state index is 0.0513. The molecule has 0 heterocycles. The third kappa shape index (κ3) is 8.43. The third-order valence-electron chi connectivity index (χ3n) is 3.81. The van der Waals surface area contributed by atoms with Crippen LogP contribution < -0.4 is 4.74 Å². The molecule has 0 aliphatic rings. The van der Waals surface area contributed by atoms with Gasteiger partial charge in [0.1, 0.15) is 23.0 Å². The Hall–Kier alpha value is -2.09. The first-order valence-electron chi connectivity index (χ1n) is 9.16. The van der Waals surface area contributed by atoms with Crippen molar-refractivity contribution in [1.29, 1.82) is 0 Å². The quantitative estimate of drug-likeness (QED) is 0.412. The summed E-state index contributed by atoms with van der Waals surface area (Å²) in [6, 6.07) is 2.00. The van der Waals surface area contributed by atoms with Gasteiger partial charge in [0.2, 0.25) is 0 Å². The predicted octanol–water partition coefficient (Wildman–Crippen LogP) is 5.80. The van der Waals surface area contributed by atoms with Gasteiger partial charge in [0, 0.05) is 24.2 Å². The number of carbonyl (C=O) groups excluding carboxylic acids is 1. The molecule has 0 fully saturated rings. The van der Waals surface area contributed by atoms with E-state index in [1.54, 1.807) is 13.8 Å². The molecule has 0 unspecified atom stereocenters. The Morgan fingerprint density at radius 2 is 1.69 bits per heavy atom. The summed E-state index contributed by atoms with van der Waals surface area (Å²) in [7, 11) is 0. The molecule has 6 nitrogen and oxygen atoms in total. The van der Waals surface area contributed by atoms with Crippen molar-refractivity contribution in [2.75, 3.05) is 13.2 Å². The second kappa shape index (κ2) is 10.1. The van der Waals surface area contributed by atoms with Gasteiger partial charge in [0.15, 0.2) is 0 Å². The van der Waals surface area contributed by atoms with Crippen molar-refractivity contribution < 1.29 is 33.0 Å². The number of rotatable bonds is 8. The van der Waals surface area contributed by atoms with Crippen molar-refractivity contribution in [1.82, 2.24) is 4.90 Å². The minimum Gasteiger partial charge on any atom is -0.493 e. The average molecular weight is 436 g/mol. The molecule has 0 saturated carbocycles. The zero-order valence-electron chi connectivity index (χ0n) is 17.4. The smallest absolute Gasteiger partial charge is 0.419 e. The maximum absolute atomic E-state index is 13.7. The van der Waals surface area contributed by atoms with Crippen LogP contribution in [0.3, 0.4) is 0 Å². The van der Waals surface area contributed by atoms with Crippen molar-refractivity contribution in [3.05, 3.63) is 29.3 Å². The average Bonchev–Trinajstić information content (AvgIpc) is 2.50. The normalized spacial score (nSPS) is 11.9. The number of hydrogen-bond acceptors (Lipinski definition) is 4. The molecule has 0 bridgehead atoms. The van der Waals surface area contributed by atoms with Crippen LogP contribution in [0.5, 0.6) is 5.75 Å². The summed E-state index contributed by atoms with van der Waals surface area (Å²) < 4.78 is 38.0. The zero-order chi connectivity index (χ0) is 22.4. The van der Waals surface area contributed by atoms with Crippen LogP contribution in [0.25, 0.3) is 0 Å². The molecule has 0 atom stereocenters. The number of ether oxygens (including phenoxy) is 2. The lowest BCUT2D eigenvalue weighted by Gasteiger charge is -2.33. The molecule has 1 N–H and O–H groups in total. The lowest BCUT2D eigenvalue weighted by atomic mass is 9.84. The SMILES string of the molecule is CC(C)(C)CC(C)(C)OC(=O)N(CCCOc1cc(F)c(CCl)c(F)c1)C(=O)O. The fraction of sp³-hybridized carbons (Fsp3) is 0.600. The van der Waals surface area contributed by atoms with Crippen LogP contribution in [0.4, 0.5) is 18.4 Å². The molecule has 1 aromatic carbocycles. The molecule has 164 valence electrons. The monoisotopic (exact) mass is 435 g/mol. The van der Waals surface area contributed by atoms with E-state index in [1.807, 2.05) is 20.8 Å². The Balaban J connectivity index is 2.63. The van der Waals surface area contributed by atoms with Crippen LogP contribution in [0.2, 0.25) is 0 Å². The molecule has 0 aliphatic heterocycles. The van der Waals surface area contributed by atoms with Crippen molar-refractivity contribution >= 4 is 23.8 Å². The van der Waals surface area contributed by atoms with Crippen LogP contribution in [-0.2, 0) is 10.6 Å². The van der Waals surface area contributed by atoms with Gasteiger partial charge in [-0.3, -0.25) is 0 Å². The summed E-state index contributed by atoms with van der Waals surface area (Å²) in [6.07, 6.45) is -1.78. The standard InChI is InChI=1S/C20H28ClF2NO5/c1-19(2,3)12-20(4,5)29-18(27)24(17(25)26)7-6-8-28-13-9-15(22)14(11-21)16(23)10-13/h9-10H,6-8,11-12H2,1-5H3,(H,25,26). The number of alkyl halides is 1. The fourth-order valence-electron chi connectivity index (χ4n) is 3.07. The van der Waals surface area contributed by atoms with Crippen molar-refractivity contribution in [2.24, 2.45) is 5.41 Å². The molecule has 1 aromatic rings. The second-order valence-electron chi connectivity index (χ2n) is 8.50. The van der Waals surface area contributed by atoms with E-state index in [-0.39, 0.29) is 42.2 Å². The first-order chi connectivity index (χ1) is 13.3. The summed E-state index contributed by atoms with van der Waals surface area (Å²) >= 11 is 5.47. The number of carboxylic acid groups (broad SMARTS) is 1. The summed E-state index contributed by atoms with van der Waals surface area (Å²) in [6.45, 7) is 9.15. The highest BCUT2D eigenvalue weighted by Gasteiger charge is 2.32. The highest BCUT2D eigenvalue weighted by molar-refractivity contribution is 6.17. The van der Waals surface area contributed by atoms with E-state index in [2.05, 4.69) is 0 Å². The third-order valence-corrected chi connectivity index (χ3v) is 4.08. The van der Waals surface area contributed by atoms with E-state index in [1.165, 1.54) is 0 Å². The van der Waals surface area contributed by atoms with Gasteiger partial charge in [-0.15, -0.1) is 11.6 Å². The van der Waals surface area contributed by atoms with Crippen LogP contribution in [0.1, 0.15) is 53.0 Å². The summed E-state index contributed by atoms with van der Waals surface area (Å²) in [5.41, 5.74) is -1.22. The van der Waals surface area contributed by atoms with Gasteiger partial charge in [-0.05, 0) is 32.1 Å². The molecular weight excluding hydrogens is 408 g/mol. The summed E-state index contributed by atoms with van der Waals surface area (Å²) in [4.78, 5) is 24.2. The molecule has 1 rings (SSSR count). The Morgan fingerprint density at radius 1 is 1.14 bits per heavy atom. The predicted molar refractivity (Wildman–Crippen MR) is 105 cm³/mol. The highest BCUT2D eigenvalue weighted by atomic mass is 35.5. The topological polar surface area (TPSA) is 76.1 Å². The van der Waals surface area contributed by atoms with E-state index in [0.29, 0.717) is 11.3 Å². The lowest BCUT2D eigenvalue weighted by Crippen LogP contribution is -2.43. The van der Waals surface area contributed by atoms with Gasteiger partial charge in [-0.2, -0.15) is 0 Å². The Morgan fingerprint density at radius 3 is 2.14 bits per heavy atom.